The van der Waals surface area contributed by atoms with Crippen molar-refractivity contribution >= 4 is 17.1 Å². The minimum atomic E-state index is 0.263. The molecule has 0 aliphatic carbocycles. The Morgan fingerprint density at radius 2 is 2.11 bits per heavy atom. The highest BCUT2D eigenvalue weighted by molar-refractivity contribution is 7.14. The van der Waals surface area contributed by atoms with Gasteiger partial charge in [-0.05, 0) is 58.6 Å². The van der Waals surface area contributed by atoms with Gasteiger partial charge in [-0.15, -0.1) is 11.3 Å². The van der Waals surface area contributed by atoms with Crippen molar-refractivity contribution in [3.8, 4) is 0 Å². The fourth-order valence-electron chi connectivity index (χ4n) is 2.69. The Bertz CT molecular complexity index is 422. The van der Waals surface area contributed by atoms with Crippen molar-refractivity contribution in [2.45, 2.75) is 32.7 Å². The molecule has 106 valence electrons. The Morgan fingerprint density at radius 1 is 1.42 bits per heavy atom. The van der Waals surface area contributed by atoms with Crippen molar-refractivity contribution in [3.63, 3.8) is 0 Å². The van der Waals surface area contributed by atoms with Crippen LogP contribution in [0.4, 0.5) is 0 Å². The monoisotopic (exact) mass is 280 g/mol. The van der Waals surface area contributed by atoms with E-state index in [9.17, 15) is 4.79 Å². The molecule has 1 aliphatic heterocycles. The van der Waals surface area contributed by atoms with E-state index in [0.717, 1.165) is 24.5 Å². The number of piperidine rings is 1. The van der Waals surface area contributed by atoms with Crippen LogP contribution in [-0.2, 0) is 0 Å². The van der Waals surface area contributed by atoms with E-state index in [1.54, 1.807) is 11.3 Å². The molecule has 4 heteroatoms. The van der Waals surface area contributed by atoms with Gasteiger partial charge in [0, 0.05) is 10.9 Å². The molecule has 0 amide bonds. The lowest BCUT2D eigenvalue weighted by Crippen LogP contribution is -2.44. The number of hydrogen-bond donors (Lipinski definition) is 0. The highest BCUT2D eigenvalue weighted by Gasteiger charge is 2.23. The first-order chi connectivity index (χ1) is 9.10. The van der Waals surface area contributed by atoms with E-state index in [0.29, 0.717) is 12.6 Å². The lowest BCUT2D eigenvalue weighted by atomic mass is 10.0. The van der Waals surface area contributed by atoms with Crippen molar-refractivity contribution in [3.05, 3.63) is 21.9 Å². The number of carbonyl (C=O) groups is 1. The highest BCUT2D eigenvalue weighted by atomic mass is 32.1. The van der Waals surface area contributed by atoms with Gasteiger partial charge in [-0.3, -0.25) is 9.69 Å². The van der Waals surface area contributed by atoms with Crippen molar-refractivity contribution in [2.75, 3.05) is 33.2 Å². The lowest BCUT2D eigenvalue weighted by molar-refractivity contribution is 0.0862. The summed E-state index contributed by atoms with van der Waals surface area (Å²) in [6.45, 7) is 8.29. The fraction of sp³-hybridized carbons (Fsp3) is 0.667. The molecule has 0 radical (unpaired) electrons. The maximum atomic E-state index is 12.2. The Morgan fingerprint density at radius 3 is 2.63 bits per heavy atom. The van der Waals surface area contributed by atoms with Gasteiger partial charge in [-0.1, -0.05) is 6.92 Å². The van der Waals surface area contributed by atoms with Crippen LogP contribution < -0.4 is 0 Å². The van der Waals surface area contributed by atoms with Crippen LogP contribution in [0.2, 0.25) is 0 Å². The molecular weight excluding hydrogens is 256 g/mol. The summed E-state index contributed by atoms with van der Waals surface area (Å²) in [7, 11) is 2.09. The summed E-state index contributed by atoms with van der Waals surface area (Å²) in [6.07, 6.45) is 2.36. The van der Waals surface area contributed by atoms with Crippen LogP contribution in [0, 0.1) is 6.92 Å². The maximum absolute atomic E-state index is 12.2. The smallest absolute Gasteiger partial charge is 0.186 e. The third-order valence-corrected chi connectivity index (χ3v) is 5.08. The summed E-state index contributed by atoms with van der Waals surface area (Å²) in [4.78, 5) is 19.0. The Balaban J connectivity index is 1.84. The number of likely N-dealkylation sites (tertiary alicyclic amines) is 1. The van der Waals surface area contributed by atoms with Crippen LogP contribution >= 0.6 is 11.3 Å². The van der Waals surface area contributed by atoms with E-state index < -0.39 is 0 Å². The van der Waals surface area contributed by atoms with Crippen LogP contribution in [0.25, 0.3) is 0 Å². The molecule has 1 saturated heterocycles. The van der Waals surface area contributed by atoms with Crippen molar-refractivity contribution in [1.82, 2.24) is 9.80 Å². The summed E-state index contributed by atoms with van der Waals surface area (Å²) < 4.78 is 0. The van der Waals surface area contributed by atoms with Gasteiger partial charge in [-0.2, -0.15) is 0 Å². The number of hydrogen-bond acceptors (Lipinski definition) is 4. The molecule has 0 unspecified atom stereocenters. The zero-order valence-electron chi connectivity index (χ0n) is 12.2. The molecule has 1 aromatic rings. The third-order valence-electron chi connectivity index (χ3n) is 4.04. The summed E-state index contributed by atoms with van der Waals surface area (Å²) >= 11 is 1.60. The van der Waals surface area contributed by atoms with Gasteiger partial charge >= 0.3 is 0 Å². The predicted octanol–water partition coefficient (Wildman–Crippen LogP) is 2.66. The predicted molar refractivity (Wildman–Crippen MR) is 81.2 cm³/mol. The fourth-order valence-corrected chi connectivity index (χ4v) is 3.49. The Kier molecular flexibility index (Phi) is 5.13. The number of carbonyl (C=O) groups excluding carboxylic acids is 1. The molecule has 2 heterocycles. The molecule has 1 fully saturated rings. The number of thiophene rings is 1. The van der Waals surface area contributed by atoms with Gasteiger partial charge < -0.3 is 4.90 Å². The number of nitrogens with zero attached hydrogens (tertiary/aromatic N) is 2. The van der Waals surface area contributed by atoms with E-state index in [4.69, 9.17) is 0 Å². The minimum absolute atomic E-state index is 0.263. The van der Waals surface area contributed by atoms with E-state index in [2.05, 4.69) is 23.8 Å². The average molecular weight is 280 g/mol. The van der Waals surface area contributed by atoms with Gasteiger partial charge in [0.05, 0.1) is 11.4 Å². The molecular formula is C15H24N2OS. The molecule has 0 atom stereocenters. The molecule has 2 rings (SSSR count). The van der Waals surface area contributed by atoms with Crippen molar-refractivity contribution in [2.24, 2.45) is 0 Å². The number of aryl methyl sites for hydroxylation is 1. The molecule has 1 aromatic heterocycles. The first-order valence-corrected chi connectivity index (χ1v) is 7.94. The third kappa shape index (κ3) is 3.88. The lowest BCUT2D eigenvalue weighted by Gasteiger charge is -2.35. The standard InChI is InChI=1S/C15H24N2OS/c1-4-17-9-7-13(8-10-17)16(3)11-14(18)15-6-5-12(2)19-15/h5-6,13H,4,7-11H2,1-3H3. The second-order valence-corrected chi connectivity index (χ2v) is 6.70. The first kappa shape index (κ1) is 14.7. The SMILES string of the molecule is CCN1CCC(N(C)CC(=O)c2ccc(C)s2)CC1. The van der Waals surface area contributed by atoms with E-state index in [1.807, 2.05) is 19.1 Å². The molecule has 0 N–H and O–H groups in total. The Hall–Kier alpha value is -0.710. The molecule has 1 aliphatic rings. The van der Waals surface area contributed by atoms with Crippen molar-refractivity contribution < 1.29 is 4.79 Å². The van der Waals surface area contributed by atoms with Crippen LogP contribution in [0.1, 0.15) is 34.3 Å². The highest BCUT2D eigenvalue weighted by Crippen LogP contribution is 2.18. The van der Waals surface area contributed by atoms with Gasteiger partial charge in [0.1, 0.15) is 0 Å². The van der Waals surface area contributed by atoms with Crippen LogP contribution in [0.3, 0.4) is 0 Å². The molecule has 0 spiro atoms. The van der Waals surface area contributed by atoms with Gasteiger partial charge in [0.25, 0.3) is 0 Å². The van der Waals surface area contributed by atoms with E-state index >= 15 is 0 Å². The van der Waals surface area contributed by atoms with Gasteiger partial charge in [0.15, 0.2) is 5.78 Å². The molecule has 0 aromatic carbocycles. The normalized spacial score (nSPS) is 18.1. The summed E-state index contributed by atoms with van der Waals surface area (Å²) in [6, 6.07) is 4.54. The molecule has 3 nitrogen and oxygen atoms in total. The zero-order chi connectivity index (χ0) is 13.8. The second kappa shape index (κ2) is 6.64. The first-order valence-electron chi connectivity index (χ1n) is 7.12. The van der Waals surface area contributed by atoms with Crippen LogP contribution in [0.5, 0.6) is 0 Å². The minimum Gasteiger partial charge on any atom is -0.303 e. The molecule has 19 heavy (non-hydrogen) atoms. The average Bonchev–Trinajstić information content (AvgIpc) is 2.85. The number of rotatable bonds is 5. The summed E-state index contributed by atoms with van der Waals surface area (Å²) in [5.41, 5.74) is 0. The topological polar surface area (TPSA) is 23.6 Å². The number of Topliss-reactive ketones (excluding diaryl/α,β-unsaturated/α-hetero) is 1. The van der Waals surface area contributed by atoms with Gasteiger partial charge in [0.2, 0.25) is 0 Å². The Labute approximate surface area is 120 Å². The summed E-state index contributed by atoms with van der Waals surface area (Å²) in [5.74, 6) is 0.263. The van der Waals surface area contributed by atoms with Gasteiger partial charge in [-0.25, -0.2) is 0 Å². The maximum Gasteiger partial charge on any atom is 0.186 e. The molecule has 0 bridgehead atoms. The molecule has 0 saturated carbocycles. The van der Waals surface area contributed by atoms with Crippen LogP contribution in [0.15, 0.2) is 12.1 Å². The second-order valence-electron chi connectivity index (χ2n) is 5.41. The van der Waals surface area contributed by atoms with Crippen molar-refractivity contribution in [1.29, 1.82) is 0 Å². The van der Waals surface area contributed by atoms with E-state index in [-0.39, 0.29) is 5.78 Å². The zero-order valence-corrected chi connectivity index (χ0v) is 13.0. The largest absolute Gasteiger partial charge is 0.303 e. The van der Waals surface area contributed by atoms with E-state index in [1.165, 1.54) is 17.7 Å². The summed E-state index contributed by atoms with van der Waals surface area (Å²) in [5, 5.41) is 0. The number of likely N-dealkylation sites (N-methyl/N-ethyl adjacent to an activating group) is 1. The quantitative estimate of drug-likeness (QED) is 0.775. The van der Waals surface area contributed by atoms with Crippen LogP contribution in [-0.4, -0.2) is 54.9 Å². The number of ketones is 1.